The van der Waals surface area contributed by atoms with Crippen LogP contribution in [0.25, 0.3) is 27.9 Å². The van der Waals surface area contributed by atoms with E-state index in [-0.39, 0.29) is 0 Å². The molecule has 1 aromatic carbocycles. The van der Waals surface area contributed by atoms with Gasteiger partial charge in [0.25, 0.3) is 0 Å². The van der Waals surface area contributed by atoms with Gasteiger partial charge in [-0.1, -0.05) is 24.3 Å². The van der Waals surface area contributed by atoms with Crippen molar-refractivity contribution in [2.45, 2.75) is 10.2 Å². The monoisotopic (exact) mass is 356 g/mol. The zero-order valence-electron chi connectivity index (χ0n) is 13.5. The third kappa shape index (κ3) is 2.58. The fourth-order valence-electron chi connectivity index (χ4n) is 2.72. The summed E-state index contributed by atoms with van der Waals surface area (Å²) in [5.41, 5.74) is 2.57. The average Bonchev–Trinajstić information content (AvgIpc) is 3.11. The van der Waals surface area contributed by atoms with Gasteiger partial charge in [-0.05, 0) is 42.1 Å². The van der Waals surface area contributed by atoms with Crippen LogP contribution in [0.3, 0.4) is 0 Å². The Morgan fingerprint density at radius 3 is 2.69 bits per heavy atom. The van der Waals surface area contributed by atoms with Gasteiger partial charge in [0.15, 0.2) is 11.5 Å². The number of benzene rings is 1. The molecular weight excluding hydrogens is 344 g/mol. The van der Waals surface area contributed by atoms with Crippen LogP contribution in [0, 0.1) is 0 Å². The molecule has 7 heteroatoms. The lowest BCUT2D eigenvalue weighted by Gasteiger charge is -2.07. The Hall–Kier alpha value is -3.32. The largest absolute Gasteiger partial charge is 0.277 e. The maximum atomic E-state index is 4.78. The molecule has 6 nitrogen and oxygen atoms in total. The highest BCUT2D eigenvalue weighted by molar-refractivity contribution is 7.99. The summed E-state index contributed by atoms with van der Waals surface area (Å²) >= 11 is 1.48. The normalized spacial score (nSPS) is 11.2. The van der Waals surface area contributed by atoms with Gasteiger partial charge in [0.2, 0.25) is 5.16 Å². The number of fused-ring (bicyclic) bond motifs is 2. The second-order valence-corrected chi connectivity index (χ2v) is 6.58. The highest BCUT2D eigenvalue weighted by Gasteiger charge is 2.14. The lowest BCUT2D eigenvalue weighted by Crippen LogP contribution is -1.95. The Morgan fingerprint density at radius 2 is 1.77 bits per heavy atom. The fourth-order valence-corrected chi connectivity index (χ4v) is 3.65. The summed E-state index contributed by atoms with van der Waals surface area (Å²) in [5, 5.41) is 11.1. The number of rotatable bonds is 3. The zero-order chi connectivity index (χ0) is 17.3. The second kappa shape index (κ2) is 6.20. The molecule has 124 valence electrons. The van der Waals surface area contributed by atoms with Gasteiger partial charge in [0.05, 0.1) is 5.52 Å². The third-order valence-electron chi connectivity index (χ3n) is 3.96. The number of nitrogens with zero attached hydrogens (tertiary/aromatic N) is 6. The van der Waals surface area contributed by atoms with Crippen molar-refractivity contribution in [2.75, 3.05) is 0 Å². The highest BCUT2D eigenvalue weighted by Crippen LogP contribution is 2.32. The number of hydrogen-bond donors (Lipinski definition) is 0. The van der Waals surface area contributed by atoms with E-state index < -0.39 is 0 Å². The molecular formula is C19H12N6S. The molecule has 0 saturated heterocycles. The quantitative estimate of drug-likeness (QED) is 0.457. The first-order chi connectivity index (χ1) is 12.9. The van der Waals surface area contributed by atoms with Crippen molar-refractivity contribution in [3.05, 3.63) is 73.2 Å². The third-order valence-corrected chi connectivity index (χ3v) is 4.92. The van der Waals surface area contributed by atoms with E-state index in [1.807, 2.05) is 65.2 Å². The molecule has 26 heavy (non-hydrogen) atoms. The van der Waals surface area contributed by atoms with Crippen molar-refractivity contribution >= 4 is 28.3 Å². The molecule has 0 aliphatic rings. The maximum Gasteiger partial charge on any atom is 0.201 e. The fraction of sp³-hybridized carbons (Fsp3) is 0. The van der Waals surface area contributed by atoms with E-state index in [2.05, 4.69) is 15.2 Å². The van der Waals surface area contributed by atoms with Gasteiger partial charge >= 0.3 is 0 Å². The van der Waals surface area contributed by atoms with Crippen LogP contribution in [0.15, 0.2) is 83.4 Å². The first kappa shape index (κ1) is 15.0. The molecule has 0 N–H and O–H groups in total. The summed E-state index contributed by atoms with van der Waals surface area (Å²) in [7, 11) is 0. The number of hydrogen-bond acceptors (Lipinski definition) is 6. The molecule has 5 rings (SSSR count). The number of para-hydroxylation sites is 1. The molecule has 0 radical (unpaired) electrons. The molecule has 0 aliphatic heterocycles. The summed E-state index contributed by atoms with van der Waals surface area (Å²) < 4.78 is 1.95. The molecule has 4 heterocycles. The topological polar surface area (TPSA) is 68.9 Å². The molecule has 4 aromatic heterocycles. The molecule has 0 spiro atoms. The molecule has 5 aromatic rings. The molecule has 0 amide bonds. The maximum absolute atomic E-state index is 4.78. The van der Waals surface area contributed by atoms with Crippen LogP contribution in [0.1, 0.15) is 0 Å². The first-order valence-corrected chi connectivity index (χ1v) is 8.85. The van der Waals surface area contributed by atoms with E-state index in [0.29, 0.717) is 5.82 Å². The Labute approximate surface area is 153 Å². The number of pyridine rings is 2. The molecule has 0 fully saturated rings. The van der Waals surface area contributed by atoms with Crippen LogP contribution in [0.4, 0.5) is 0 Å². The van der Waals surface area contributed by atoms with Crippen LogP contribution in [-0.4, -0.2) is 29.5 Å². The van der Waals surface area contributed by atoms with Gasteiger partial charge in [-0.3, -0.25) is 9.38 Å². The van der Waals surface area contributed by atoms with Gasteiger partial charge in [0.1, 0.15) is 5.03 Å². The van der Waals surface area contributed by atoms with Crippen molar-refractivity contribution in [1.29, 1.82) is 0 Å². The minimum Gasteiger partial charge on any atom is -0.277 e. The lowest BCUT2D eigenvalue weighted by atomic mass is 10.2. The Kier molecular flexibility index (Phi) is 3.57. The minimum absolute atomic E-state index is 0.646. The summed E-state index contributed by atoms with van der Waals surface area (Å²) in [4.78, 5) is 13.6. The predicted octanol–water partition coefficient (Wildman–Crippen LogP) is 3.89. The van der Waals surface area contributed by atoms with Crippen molar-refractivity contribution in [3.63, 3.8) is 0 Å². The summed E-state index contributed by atoms with van der Waals surface area (Å²) in [6.07, 6.45) is 5.46. The van der Waals surface area contributed by atoms with Gasteiger partial charge < -0.3 is 0 Å². The van der Waals surface area contributed by atoms with Gasteiger partial charge in [-0.15, -0.1) is 10.2 Å². The molecule has 0 saturated carbocycles. The Bertz CT molecular complexity index is 1220. The molecule has 0 unspecified atom stereocenters. The van der Waals surface area contributed by atoms with Crippen molar-refractivity contribution in [1.82, 2.24) is 29.5 Å². The van der Waals surface area contributed by atoms with E-state index >= 15 is 0 Å². The van der Waals surface area contributed by atoms with E-state index in [1.54, 1.807) is 12.4 Å². The Morgan fingerprint density at radius 1 is 0.846 bits per heavy atom. The van der Waals surface area contributed by atoms with Crippen LogP contribution in [0.2, 0.25) is 0 Å². The summed E-state index contributed by atoms with van der Waals surface area (Å²) in [6, 6.07) is 17.6. The van der Waals surface area contributed by atoms with Crippen LogP contribution in [-0.2, 0) is 0 Å². The SMILES string of the molecule is c1cncc(-c2nc(Sc3nnc4ccccn34)c3ccccc3n2)c1. The molecule has 0 aliphatic carbocycles. The summed E-state index contributed by atoms with van der Waals surface area (Å²) in [6.45, 7) is 0. The zero-order valence-corrected chi connectivity index (χ0v) is 14.3. The average molecular weight is 356 g/mol. The second-order valence-electron chi connectivity index (χ2n) is 5.62. The van der Waals surface area contributed by atoms with E-state index in [9.17, 15) is 0 Å². The van der Waals surface area contributed by atoms with E-state index in [1.165, 1.54) is 11.8 Å². The standard InChI is InChI=1S/C19H12N6S/c1-2-8-15-14(7-1)18(22-17(21-15)13-6-5-10-20-12-13)26-19-24-23-16-9-3-4-11-25(16)19/h1-12H. The molecule has 0 atom stereocenters. The molecule has 0 bridgehead atoms. The minimum atomic E-state index is 0.646. The number of aromatic nitrogens is 6. The highest BCUT2D eigenvalue weighted by atomic mass is 32.2. The van der Waals surface area contributed by atoms with E-state index in [4.69, 9.17) is 9.97 Å². The van der Waals surface area contributed by atoms with Crippen LogP contribution >= 0.6 is 11.8 Å². The van der Waals surface area contributed by atoms with Crippen LogP contribution in [0.5, 0.6) is 0 Å². The lowest BCUT2D eigenvalue weighted by molar-refractivity contribution is 0.918. The summed E-state index contributed by atoms with van der Waals surface area (Å²) in [5.74, 6) is 0.646. The van der Waals surface area contributed by atoms with Crippen LogP contribution < -0.4 is 0 Å². The van der Waals surface area contributed by atoms with Gasteiger partial charge in [-0.2, -0.15) is 0 Å². The van der Waals surface area contributed by atoms with Crippen molar-refractivity contribution in [2.24, 2.45) is 0 Å². The van der Waals surface area contributed by atoms with Gasteiger partial charge in [-0.25, -0.2) is 9.97 Å². The smallest absolute Gasteiger partial charge is 0.201 e. The van der Waals surface area contributed by atoms with Gasteiger partial charge in [0, 0.05) is 29.5 Å². The predicted molar refractivity (Wildman–Crippen MR) is 99.9 cm³/mol. The van der Waals surface area contributed by atoms with Crippen molar-refractivity contribution in [3.8, 4) is 11.4 Å². The Balaban J connectivity index is 1.68. The van der Waals surface area contributed by atoms with E-state index in [0.717, 1.165) is 32.3 Å². The van der Waals surface area contributed by atoms with Crippen molar-refractivity contribution < 1.29 is 0 Å². The first-order valence-electron chi connectivity index (χ1n) is 8.03.